The van der Waals surface area contributed by atoms with Crippen LogP contribution >= 0.6 is 0 Å². The van der Waals surface area contributed by atoms with Crippen LogP contribution in [-0.2, 0) is 4.74 Å². The summed E-state index contributed by atoms with van der Waals surface area (Å²) in [4.78, 5) is 12.1. The minimum atomic E-state index is -0.183. The van der Waals surface area contributed by atoms with Crippen LogP contribution in [0.1, 0.15) is 10.4 Å². The predicted octanol–water partition coefficient (Wildman–Crippen LogP) is 4.18. The summed E-state index contributed by atoms with van der Waals surface area (Å²) in [5.74, 6) is 1.34. The SMILES string of the molecule is COCCNC(=O)c1ccc(Nc2ccc(Oc3ccccc3)cc2)c(N)c1. The standard InChI is InChI=1S/C22H23N3O3/c1-27-14-13-24-22(26)16-7-12-21(20(23)15-16)25-17-8-10-19(11-9-17)28-18-5-3-2-4-6-18/h2-12,15,25H,13-14,23H2,1H3,(H,24,26). The Kier molecular flexibility index (Phi) is 6.49. The fraction of sp³-hybridized carbons (Fsp3) is 0.136. The Hall–Kier alpha value is -3.51. The highest BCUT2D eigenvalue weighted by atomic mass is 16.5. The molecule has 3 rings (SSSR count). The molecular weight excluding hydrogens is 354 g/mol. The van der Waals surface area contributed by atoms with Gasteiger partial charge in [0.1, 0.15) is 11.5 Å². The van der Waals surface area contributed by atoms with Crippen molar-refractivity contribution in [3.05, 3.63) is 78.4 Å². The van der Waals surface area contributed by atoms with Gasteiger partial charge in [-0.25, -0.2) is 0 Å². The summed E-state index contributed by atoms with van der Waals surface area (Å²) in [7, 11) is 1.59. The van der Waals surface area contributed by atoms with Crippen molar-refractivity contribution in [1.82, 2.24) is 5.32 Å². The molecular formula is C22H23N3O3. The van der Waals surface area contributed by atoms with Crippen LogP contribution in [0.4, 0.5) is 17.1 Å². The maximum absolute atomic E-state index is 12.1. The van der Waals surface area contributed by atoms with Gasteiger partial charge >= 0.3 is 0 Å². The lowest BCUT2D eigenvalue weighted by Crippen LogP contribution is -2.27. The molecule has 0 bridgehead atoms. The van der Waals surface area contributed by atoms with Gasteiger partial charge < -0.3 is 25.8 Å². The van der Waals surface area contributed by atoms with Gasteiger partial charge in [-0.1, -0.05) is 18.2 Å². The number of carbonyl (C=O) groups is 1. The van der Waals surface area contributed by atoms with Crippen LogP contribution in [0.25, 0.3) is 0 Å². The number of methoxy groups -OCH3 is 1. The second-order valence-electron chi connectivity index (χ2n) is 6.12. The third-order valence-electron chi connectivity index (χ3n) is 4.02. The monoisotopic (exact) mass is 377 g/mol. The summed E-state index contributed by atoms with van der Waals surface area (Å²) >= 11 is 0. The molecule has 0 fully saturated rings. The van der Waals surface area contributed by atoms with Gasteiger partial charge in [0.2, 0.25) is 0 Å². The number of para-hydroxylation sites is 1. The Bertz CT molecular complexity index is 912. The molecule has 0 spiro atoms. The molecule has 3 aromatic rings. The Labute approximate surface area is 164 Å². The van der Waals surface area contributed by atoms with Crippen molar-refractivity contribution in [2.45, 2.75) is 0 Å². The van der Waals surface area contributed by atoms with E-state index in [2.05, 4.69) is 10.6 Å². The first-order chi connectivity index (χ1) is 13.7. The van der Waals surface area contributed by atoms with E-state index in [1.165, 1.54) is 0 Å². The average molecular weight is 377 g/mol. The van der Waals surface area contributed by atoms with E-state index in [9.17, 15) is 4.79 Å². The zero-order chi connectivity index (χ0) is 19.8. The molecule has 28 heavy (non-hydrogen) atoms. The molecule has 0 radical (unpaired) electrons. The van der Waals surface area contributed by atoms with Crippen molar-refractivity contribution in [3.8, 4) is 11.5 Å². The number of benzene rings is 3. The first kappa shape index (κ1) is 19.3. The lowest BCUT2D eigenvalue weighted by Gasteiger charge is -2.12. The fourth-order valence-electron chi connectivity index (χ4n) is 2.57. The Morgan fingerprint density at radius 3 is 2.36 bits per heavy atom. The Morgan fingerprint density at radius 2 is 1.68 bits per heavy atom. The summed E-state index contributed by atoms with van der Waals surface area (Å²) in [5, 5.41) is 6.02. The number of amides is 1. The lowest BCUT2D eigenvalue weighted by molar-refractivity contribution is 0.0937. The summed E-state index contributed by atoms with van der Waals surface area (Å²) in [6.45, 7) is 0.914. The first-order valence-corrected chi connectivity index (χ1v) is 8.92. The second kappa shape index (κ2) is 9.43. The summed E-state index contributed by atoms with van der Waals surface area (Å²) in [6.07, 6.45) is 0. The summed E-state index contributed by atoms with van der Waals surface area (Å²) in [6, 6.07) is 22.3. The van der Waals surface area contributed by atoms with E-state index in [0.29, 0.717) is 24.4 Å². The number of ether oxygens (including phenoxy) is 2. The van der Waals surface area contributed by atoms with Crippen molar-refractivity contribution >= 4 is 23.0 Å². The van der Waals surface area contributed by atoms with Crippen molar-refractivity contribution in [3.63, 3.8) is 0 Å². The van der Waals surface area contributed by atoms with Gasteiger partial charge in [-0.05, 0) is 54.6 Å². The van der Waals surface area contributed by atoms with Gasteiger partial charge in [0.05, 0.1) is 18.0 Å². The van der Waals surface area contributed by atoms with Crippen LogP contribution in [0.3, 0.4) is 0 Å². The molecule has 0 heterocycles. The van der Waals surface area contributed by atoms with Crippen molar-refractivity contribution in [2.75, 3.05) is 31.3 Å². The third kappa shape index (κ3) is 5.25. The van der Waals surface area contributed by atoms with Gasteiger partial charge in [0, 0.05) is 24.9 Å². The number of anilines is 3. The van der Waals surface area contributed by atoms with E-state index in [1.807, 2.05) is 54.6 Å². The topological polar surface area (TPSA) is 85.6 Å². The first-order valence-electron chi connectivity index (χ1n) is 8.92. The largest absolute Gasteiger partial charge is 0.457 e. The molecule has 0 aliphatic rings. The van der Waals surface area contributed by atoms with E-state index in [4.69, 9.17) is 15.2 Å². The minimum absolute atomic E-state index is 0.183. The van der Waals surface area contributed by atoms with E-state index < -0.39 is 0 Å². The van der Waals surface area contributed by atoms with Gasteiger partial charge in [-0.2, -0.15) is 0 Å². The average Bonchev–Trinajstić information content (AvgIpc) is 2.72. The molecule has 0 unspecified atom stereocenters. The minimum Gasteiger partial charge on any atom is -0.457 e. The van der Waals surface area contributed by atoms with Crippen LogP contribution in [0, 0.1) is 0 Å². The van der Waals surface area contributed by atoms with E-state index in [0.717, 1.165) is 22.9 Å². The zero-order valence-corrected chi connectivity index (χ0v) is 15.6. The predicted molar refractivity (Wildman–Crippen MR) is 111 cm³/mol. The number of carbonyl (C=O) groups excluding carboxylic acids is 1. The molecule has 144 valence electrons. The Balaban J connectivity index is 1.62. The number of rotatable bonds is 8. The molecule has 0 saturated heterocycles. The normalized spacial score (nSPS) is 10.3. The Morgan fingerprint density at radius 1 is 0.964 bits per heavy atom. The van der Waals surface area contributed by atoms with E-state index >= 15 is 0 Å². The van der Waals surface area contributed by atoms with Gasteiger partial charge in [-0.15, -0.1) is 0 Å². The highest BCUT2D eigenvalue weighted by molar-refractivity contribution is 5.96. The van der Waals surface area contributed by atoms with Crippen molar-refractivity contribution < 1.29 is 14.3 Å². The maximum Gasteiger partial charge on any atom is 0.251 e. The molecule has 0 aliphatic carbocycles. The number of nitrogens with one attached hydrogen (secondary N) is 2. The number of nitrogens with two attached hydrogens (primary N) is 1. The second-order valence-corrected chi connectivity index (χ2v) is 6.12. The number of hydrogen-bond acceptors (Lipinski definition) is 5. The molecule has 3 aromatic carbocycles. The molecule has 0 atom stereocenters. The fourth-order valence-corrected chi connectivity index (χ4v) is 2.57. The molecule has 0 saturated carbocycles. The molecule has 6 heteroatoms. The highest BCUT2D eigenvalue weighted by Crippen LogP contribution is 2.27. The quantitative estimate of drug-likeness (QED) is 0.405. The van der Waals surface area contributed by atoms with Crippen LogP contribution in [-0.4, -0.2) is 26.2 Å². The van der Waals surface area contributed by atoms with E-state index in [-0.39, 0.29) is 5.91 Å². The van der Waals surface area contributed by atoms with Crippen LogP contribution < -0.4 is 21.1 Å². The molecule has 0 aromatic heterocycles. The van der Waals surface area contributed by atoms with Gasteiger partial charge in [0.15, 0.2) is 0 Å². The van der Waals surface area contributed by atoms with Crippen LogP contribution in [0.5, 0.6) is 11.5 Å². The van der Waals surface area contributed by atoms with Crippen LogP contribution in [0.15, 0.2) is 72.8 Å². The van der Waals surface area contributed by atoms with Gasteiger partial charge in [-0.3, -0.25) is 4.79 Å². The summed E-state index contributed by atoms with van der Waals surface area (Å²) < 4.78 is 10.7. The zero-order valence-electron chi connectivity index (χ0n) is 15.6. The van der Waals surface area contributed by atoms with Crippen molar-refractivity contribution in [1.29, 1.82) is 0 Å². The number of nitrogen functional groups attached to an aromatic ring is 1. The maximum atomic E-state index is 12.1. The van der Waals surface area contributed by atoms with E-state index in [1.54, 1.807) is 25.3 Å². The smallest absolute Gasteiger partial charge is 0.251 e. The van der Waals surface area contributed by atoms with Crippen LogP contribution in [0.2, 0.25) is 0 Å². The van der Waals surface area contributed by atoms with Crippen molar-refractivity contribution in [2.24, 2.45) is 0 Å². The molecule has 0 aliphatic heterocycles. The molecule has 1 amide bonds. The molecule has 6 nitrogen and oxygen atoms in total. The molecule has 4 N–H and O–H groups in total. The third-order valence-corrected chi connectivity index (χ3v) is 4.02. The lowest BCUT2D eigenvalue weighted by atomic mass is 10.1. The number of hydrogen-bond donors (Lipinski definition) is 3. The van der Waals surface area contributed by atoms with Gasteiger partial charge in [0.25, 0.3) is 5.91 Å². The highest BCUT2D eigenvalue weighted by Gasteiger charge is 2.08. The summed E-state index contributed by atoms with van der Waals surface area (Å²) in [5.41, 5.74) is 8.69.